The van der Waals surface area contributed by atoms with Crippen LogP contribution in [0, 0.1) is 0 Å². The number of amides is 1. The summed E-state index contributed by atoms with van der Waals surface area (Å²) in [6, 6.07) is 20.0. The quantitative estimate of drug-likeness (QED) is 0.363. The van der Waals surface area contributed by atoms with Crippen LogP contribution in [0.3, 0.4) is 0 Å². The number of rotatable bonds is 6. The van der Waals surface area contributed by atoms with E-state index in [1.807, 2.05) is 59.8 Å². The monoisotopic (exact) mass is 497 g/mol. The number of hydrogen-bond donors (Lipinski definition) is 3. The number of benzene rings is 2. The first-order chi connectivity index (χ1) is 18.1. The number of nitrogens with one attached hydrogen (secondary N) is 3. The van der Waals surface area contributed by atoms with Crippen molar-refractivity contribution < 1.29 is 9.63 Å². The largest absolute Gasteiger partial charge is 0.349 e. The molecular formula is C28H31N7O2. The molecule has 9 nitrogen and oxygen atoms in total. The molecule has 2 saturated heterocycles. The van der Waals surface area contributed by atoms with Crippen LogP contribution in [0.2, 0.25) is 0 Å². The minimum Gasteiger partial charge on any atom is -0.349 e. The minimum absolute atomic E-state index is 0.0365. The van der Waals surface area contributed by atoms with Crippen LogP contribution in [0.1, 0.15) is 41.2 Å². The van der Waals surface area contributed by atoms with Crippen LogP contribution in [-0.4, -0.2) is 58.5 Å². The zero-order chi connectivity index (χ0) is 25.2. The Bertz CT molecular complexity index is 1360. The first-order valence-electron chi connectivity index (χ1n) is 12.8. The molecule has 0 aliphatic carbocycles. The highest BCUT2D eigenvalue weighted by atomic mass is 16.7. The average Bonchev–Trinajstić information content (AvgIpc) is 3.60. The summed E-state index contributed by atoms with van der Waals surface area (Å²) in [4.78, 5) is 33.8. The van der Waals surface area contributed by atoms with E-state index in [0.29, 0.717) is 23.9 Å². The van der Waals surface area contributed by atoms with Crippen LogP contribution in [0.5, 0.6) is 0 Å². The summed E-state index contributed by atoms with van der Waals surface area (Å²) >= 11 is 0. The summed E-state index contributed by atoms with van der Waals surface area (Å²) in [6.07, 6.45) is 4.70. The number of carbonyl (C=O) groups excluding carboxylic acids is 1. The predicted molar refractivity (Wildman–Crippen MR) is 144 cm³/mol. The maximum absolute atomic E-state index is 12.7. The molecule has 0 radical (unpaired) electrons. The van der Waals surface area contributed by atoms with E-state index in [-0.39, 0.29) is 18.0 Å². The van der Waals surface area contributed by atoms with E-state index >= 15 is 0 Å². The third-order valence-electron chi connectivity index (χ3n) is 7.15. The first kappa shape index (κ1) is 23.4. The molecule has 1 amide bonds. The molecule has 190 valence electrons. The van der Waals surface area contributed by atoms with Gasteiger partial charge in [0.2, 0.25) is 5.95 Å². The van der Waals surface area contributed by atoms with Crippen molar-refractivity contribution in [1.82, 2.24) is 25.2 Å². The Kier molecular flexibility index (Phi) is 6.46. The number of piperidine rings is 1. The van der Waals surface area contributed by atoms with Crippen LogP contribution in [0.15, 0.2) is 66.9 Å². The molecule has 0 bridgehead atoms. The molecule has 2 aromatic carbocycles. The number of aromatic amines is 1. The predicted octanol–water partition coefficient (Wildman–Crippen LogP) is 4.41. The summed E-state index contributed by atoms with van der Waals surface area (Å²) in [6.45, 7) is 2.64. The Hall–Kier alpha value is -3.95. The Balaban J connectivity index is 1.20. The summed E-state index contributed by atoms with van der Waals surface area (Å²) < 4.78 is 0. The van der Waals surface area contributed by atoms with Crippen molar-refractivity contribution in [3.05, 3.63) is 78.0 Å². The van der Waals surface area contributed by atoms with Gasteiger partial charge >= 0.3 is 0 Å². The molecule has 2 fully saturated rings. The average molecular weight is 498 g/mol. The highest BCUT2D eigenvalue weighted by Gasteiger charge is 2.31. The van der Waals surface area contributed by atoms with Gasteiger partial charge in [-0.3, -0.25) is 9.63 Å². The fraction of sp³-hybridized carbons (Fsp3) is 0.321. The molecule has 0 saturated carbocycles. The summed E-state index contributed by atoms with van der Waals surface area (Å²) in [5.74, 6) is 1.13. The van der Waals surface area contributed by atoms with Crippen LogP contribution in [0.4, 0.5) is 17.5 Å². The van der Waals surface area contributed by atoms with Crippen LogP contribution >= 0.6 is 0 Å². The number of nitrogens with zero attached hydrogens (tertiary/aromatic N) is 4. The summed E-state index contributed by atoms with van der Waals surface area (Å²) in [5, 5.41) is 9.25. The number of hydroxylamine groups is 1. The zero-order valence-electron chi connectivity index (χ0n) is 20.9. The second-order valence-electron chi connectivity index (χ2n) is 9.74. The summed E-state index contributed by atoms with van der Waals surface area (Å²) in [5.41, 5.74) is 3.35. The van der Waals surface area contributed by atoms with Gasteiger partial charge in [0.05, 0.1) is 18.0 Å². The minimum atomic E-state index is -0.0365. The van der Waals surface area contributed by atoms with E-state index < -0.39 is 0 Å². The van der Waals surface area contributed by atoms with Crippen molar-refractivity contribution in [3.63, 3.8) is 0 Å². The van der Waals surface area contributed by atoms with Gasteiger partial charge in [-0.05, 0) is 68.9 Å². The molecule has 1 atom stereocenters. The molecule has 0 unspecified atom stereocenters. The van der Waals surface area contributed by atoms with E-state index in [2.05, 4.69) is 44.7 Å². The molecule has 6 rings (SSSR count). The van der Waals surface area contributed by atoms with Crippen molar-refractivity contribution in [2.24, 2.45) is 0 Å². The van der Waals surface area contributed by atoms with E-state index in [1.165, 1.54) is 5.56 Å². The highest BCUT2D eigenvalue weighted by molar-refractivity contribution is 5.95. The lowest BCUT2D eigenvalue weighted by molar-refractivity contribution is 0.0917. The lowest BCUT2D eigenvalue weighted by atomic mass is 10.0. The van der Waals surface area contributed by atoms with E-state index in [9.17, 15) is 4.79 Å². The van der Waals surface area contributed by atoms with Gasteiger partial charge in [-0.25, -0.2) is 5.06 Å². The van der Waals surface area contributed by atoms with Crippen LogP contribution in [0.25, 0.3) is 11.0 Å². The number of aromatic nitrogens is 3. The van der Waals surface area contributed by atoms with Crippen molar-refractivity contribution in [1.29, 1.82) is 0 Å². The second kappa shape index (κ2) is 10.2. The van der Waals surface area contributed by atoms with Gasteiger partial charge in [0.25, 0.3) is 5.91 Å². The number of hydrogen-bond acceptors (Lipinski definition) is 7. The van der Waals surface area contributed by atoms with Gasteiger partial charge in [-0.15, -0.1) is 0 Å². The van der Waals surface area contributed by atoms with Gasteiger partial charge < -0.3 is 20.5 Å². The molecule has 3 N–H and O–H groups in total. The normalized spacial score (nSPS) is 18.8. The van der Waals surface area contributed by atoms with E-state index in [0.717, 1.165) is 49.1 Å². The molecule has 4 heterocycles. The second-order valence-corrected chi connectivity index (χ2v) is 9.74. The Morgan fingerprint density at radius 1 is 1.00 bits per heavy atom. The van der Waals surface area contributed by atoms with Crippen molar-refractivity contribution in [2.75, 3.05) is 37.1 Å². The standard InChI is InChI=1S/C28H31N7O2/c1-34-16-12-22(13-17-34)30-27(36)20-7-9-21(10-8-20)31-28-32-25-23(11-15-29-25)26(33-28)35-24(14-18-37-35)19-5-3-2-4-6-19/h2-11,15,22,24H,12-14,16-18H2,1H3,(H,30,36)(H2,29,31,32,33)/t24-/m0/s1. The third-order valence-corrected chi connectivity index (χ3v) is 7.15. The molecule has 2 aliphatic heterocycles. The first-order valence-corrected chi connectivity index (χ1v) is 12.8. The van der Waals surface area contributed by atoms with Gasteiger partial charge in [-0.1, -0.05) is 30.3 Å². The zero-order valence-corrected chi connectivity index (χ0v) is 20.9. The number of carbonyl (C=O) groups is 1. The maximum atomic E-state index is 12.7. The van der Waals surface area contributed by atoms with E-state index in [1.54, 1.807) is 0 Å². The third kappa shape index (κ3) is 5.00. The molecular weight excluding hydrogens is 466 g/mol. The Labute approximate surface area is 215 Å². The number of fused-ring (bicyclic) bond motifs is 1. The van der Waals surface area contributed by atoms with Crippen molar-refractivity contribution in [3.8, 4) is 0 Å². The van der Waals surface area contributed by atoms with Gasteiger partial charge in [0, 0.05) is 29.9 Å². The topological polar surface area (TPSA) is 98.4 Å². The fourth-order valence-corrected chi connectivity index (χ4v) is 5.06. The van der Waals surface area contributed by atoms with Gasteiger partial charge in [-0.2, -0.15) is 9.97 Å². The lowest BCUT2D eigenvalue weighted by Crippen LogP contribution is -2.43. The Morgan fingerprint density at radius 3 is 2.57 bits per heavy atom. The smallest absolute Gasteiger partial charge is 0.251 e. The van der Waals surface area contributed by atoms with Crippen molar-refractivity contribution in [2.45, 2.75) is 31.3 Å². The van der Waals surface area contributed by atoms with Crippen LogP contribution in [-0.2, 0) is 4.84 Å². The maximum Gasteiger partial charge on any atom is 0.251 e. The summed E-state index contributed by atoms with van der Waals surface area (Å²) in [7, 11) is 2.11. The molecule has 37 heavy (non-hydrogen) atoms. The number of anilines is 3. The molecule has 4 aromatic rings. The fourth-order valence-electron chi connectivity index (χ4n) is 5.06. The van der Waals surface area contributed by atoms with E-state index in [4.69, 9.17) is 9.82 Å². The molecule has 2 aromatic heterocycles. The van der Waals surface area contributed by atoms with Crippen molar-refractivity contribution >= 4 is 34.4 Å². The Morgan fingerprint density at radius 2 is 1.78 bits per heavy atom. The lowest BCUT2D eigenvalue weighted by Gasteiger charge is -2.29. The molecule has 0 spiro atoms. The van der Waals surface area contributed by atoms with Gasteiger partial charge in [0.1, 0.15) is 5.65 Å². The van der Waals surface area contributed by atoms with Crippen LogP contribution < -0.4 is 15.7 Å². The SMILES string of the molecule is CN1CCC(NC(=O)c2ccc(Nc3nc(N4OCC[C@H]4c4ccccc4)c4cc[nH]c4n3)cc2)CC1. The highest BCUT2D eigenvalue weighted by Crippen LogP contribution is 2.37. The number of likely N-dealkylation sites (tertiary alicyclic amines) is 1. The number of H-pyrrole nitrogens is 1. The molecule has 2 aliphatic rings. The molecule has 9 heteroatoms. The van der Waals surface area contributed by atoms with Gasteiger partial charge in [0.15, 0.2) is 5.82 Å².